The molecule has 2 aromatic carbocycles. The summed E-state index contributed by atoms with van der Waals surface area (Å²) in [6.07, 6.45) is 4.41. The molecule has 152 valence electrons. The third kappa shape index (κ3) is 4.20. The highest BCUT2D eigenvalue weighted by Crippen LogP contribution is 2.36. The first-order valence-corrected chi connectivity index (χ1v) is 10.4. The van der Waals surface area contributed by atoms with Crippen LogP contribution in [-0.2, 0) is 0 Å². The highest BCUT2D eigenvalue weighted by atomic mass is 16.5. The summed E-state index contributed by atoms with van der Waals surface area (Å²) in [4.78, 5) is 7.12. The van der Waals surface area contributed by atoms with Gasteiger partial charge < -0.3 is 9.64 Å². The van der Waals surface area contributed by atoms with Gasteiger partial charge in [-0.25, -0.2) is 4.99 Å². The van der Waals surface area contributed by atoms with Gasteiger partial charge in [-0.2, -0.15) is 5.10 Å². The number of rotatable bonds is 5. The summed E-state index contributed by atoms with van der Waals surface area (Å²) >= 11 is 0. The highest BCUT2D eigenvalue weighted by Gasteiger charge is 2.16. The van der Waals surface area contributed by atoms with E-state index >= 15 is 0 Å². The molecule has 1 saturated heterocycles. The summed E-state index contributed by atoms with van der Waals surface area (Å²) in [5, 5.41) is 8.61. The number of H-pyrrole nitrogens is 1. The maximum absolute atomic E-state index is 5.64. The summed E-state index contributed by atoms with van der Waals surface area (Å²) in [7, 11) is 3.90. The van der Waals surface area contributed by atoms with E-state index in [1.807, 2.05) is 0 Å². The number of aromatic amines is 1. The first-order chi connectivity index (χ1) is 14.0. The van der Waals surface area contributed by atoms with Crippen molar-refractivity contribution >= 4 is 22.9 Å². The van der Waals surface area contributed by atoms with Crippen molar-refractivity contribution in [3.8, 4) is 16.9 Å². The molecule has 29 heavy (non-hydrogen) atoms. The van der Waals surface area contributed by atoms with Crippen LogP contribution >= 0.6 is 0 Å². The number of hydrogen-bond donors (Lipinski definition) is 1. The Morgan fingerprint density at radius 2 is 1.97 bits per heavy atom. The smallest absolute Gasteiger partial charge is 0.181 e. The third-order valence-electron chi connectivity index (χ3n) is 5.91. The lowest BCUT2D eigenvalue weighted by molar-refractivity contribution is 0.254. The minimum absolute atomic E-state index is 0.465. The number of nitrogens with zero attached hydrogens (tertiary/aromatic N) is 3. The van der Waals surface area contributed by atoms with Crippen LogP contribution < -0.4 is 4.74 Å². The molecule has 4 rings (SSSR count). The lowest BCUT2D eigenvalue weighted by Gasteiger charge is -2.26. The second-order valence-electron chi connectivity index (χ2n) is 8.34. The summed E-state index contributed by atoms with van der Waals surface area (Å²) in [5.74, 6) is 2.64. The van der Waals surface area contributed by atoms with E-state index < -0.39 is 0 Å². The molecule has 0 saturated carbocycles. The second kappa shape index (κ2) is 8.37. The molecule has 1 N–H and O–H groups in total. The molecule has 2 heterocycles. The van der Waals surface area contributed by atoms with Crippen LogP contribution in [0.4, 0.5) is 5.82 Å². The second-order valence-corrected chi connectivity index (χ2v) is 8.34. The van der Waals surface area contributed by atoms with E-state index in [4.69, 9.17) is 9.73 Å². The van der Waals surface area contributed by atoms with Crippen molar-refractivity contribution in [2.75, 3.05) is 27.2 Å². The zero-order chi connectivity index (χ0) is 20.4. The van der Waals surface area contributed by atoms with Gasteiger partial charge in [-0.3, -0.25) is 5.10 Å². The molecule has 0 amide bonds. The Morgan fingerprint density at radius 1 is 1.17 bits per heavy atom. The van der Waals surface area contributed by atoms with Crippen LogP contribution in [0.2, 0.25) is 0 Å². The summed E-state index contributed by atoms with van der Waals surface area (Å²) in [6.45, 7) is 6.68. The molecule has 1 aromatic heterocycles. The number of aliphatic imine (C=N–C) groups is 1. The van der Waals surface area contributed by atoms with Crippen molar-refractivity contribution in [1.29, 1.82) is 0 Å². The van der Waals surface area contributed by atoms with E-state index in [-0.39, 0.29) is 0 Å². The molecular weight excluding hydrogens is 360 g/mol. The molecule has 5 nitrogen and oxygen atoms in total. The van der Waals surface area contributed by atoms with Crippen LogP contribution in [-0.4, -0.2) is 48.6 Å². The summed E-state index contributed by atoms with van der Waals surface area (Å²) < 4.78 is 5.64. The largest absolute Gasteiger partial charge is 0.496 e. The van der Waals surface area contributed by atoms with Gasteiger partial charge in [-0.1, -0.05) is 26.0 Å². The molecule has 1 aliphatic heterocycles. The molecule has 0 radical (unpaired) electrons. The lowest BCUT2D eigenvalue weighted by atomic mass is 9.96. The first-order valence-electron chi connectivity index (χ1n) is 10.4. The Kier molecular flexibility index (Phi) is 5.67. The third-order valence-corrected chi connectivity index (χ3v) is 5.91. The van der Waals surface area contributed by atoms with Gasteiger partial charge in [0.05, 0.1) is 12.6 Å². The van der Waals surface area contributed by atoms with Gasteiger partial charge in [-0.05, 0) is 80.2 Å². The summed E-state index contributed by atoms with van der Waals surface area (Å²) in [5.41, 5.74) is 4.53. The van der Waals surface area contributed by atoms with Crippen LogP contribution in [0.15, 0.2) is 41.4 Å². The van der Waals surface area contributed by atoms with Crippen molar-refractivity contribution in [3.05, 3.63) is 42.0 Å². The number of benzene rings is 2. The molecule has 0 atom stereocenters. The number of fused-ring (bicyclic) bond motifs is 1. The van der Waals surface area contributed by atoms with E-state index in [0.29, 0.717) is 11.8 Å². The molecule has 0 bridgehead atoms. The van der Waals surface area contributed by atoms with Crippen molar-refractivity contribution in [1.82, 2.24) is 15.1 Å². The van der Waals surface area contributed by atoms with Crippen LogP contribution in [0.5, 0.6) is 5.75 Å². The normalized spacial score (nSPS) is 16.3. The average Bonchev–Trinajstić information content (AvgIpc) is 3.15. The number of piperidine rings is 1. The fourth-order valence-electron chi connectivity index (χ4n) is 3.93. The van der Waals surface area contributed by atoms with Gasteiger partial charge in [0, 0.05) is 17.2 Å². The molecular formula is C24H30N4O. The lowest BCUT2D eigenvalue weighted by Crippen LogP contribution is -2.30. The van der Waals surface area contributed by atoms with Crippen LogP contribution in [0.1, 0.15) is 38.2 Å². The maximum Gasteiger partial charge on any atom is 0.181 e. The Bertz CT molecular complexity index is 1010. The Labute approximate surface area is 172 Å². The minimum Gasteiger partial charge on any atom is -0.496 e. The molecule has 0 unspecified atom stereocenters. The number of aromatic nitrogens is 2. The van der Waals surface area contributed by atoms with Crippen molar-refractivity contribution in [3.63, 3.8) is 0 Å². The first kappa shape index (κ1) is 19.6. The number of methoxy groups -OCH3 is 1. The molecule has 3 aromatic rings. The average molecular weight is 391 g/mol. The quantitative estimate of drug-likeness (QED) is 0.593. The van der Waals surface area contributed by atoms with E-state index in [2.05, 4.69) is 78.6 Å². The van der Waals surface area contributed by atoms with Crippen molar-refractivity contribution in [2.45, 2.75) is 32.6 Å². The Hall–Kier alpha value is -2.66. The number of likely N-dealkylation sites (tertiary alicyclic amines) is 1. The molecule has 1 fully saturated rings. The molecule has 5 heteroatoms. The predicted molar refractivity (Wildman–Crippen MR) is 121 cm³/mol. The number of ether oxygens (including phenoxy) is 1. The van der Waals surface area contributed by atoms with Crippen LogP contribution in [0.25, 0.3) is 22.0 Å². The zero-order valence-corrected chi connectivity index (χ0v) is 17.8. The standard InChI is InChI=1S/C24H30N4O/c1-16(2)18-6-8-23(29-4)20(13-18)19-5-7-22-21(14-19)24(27-26-22)25-15-17-9-11-28(3)12-10-17/h5-8,13-17H,9-12H2,1-4H3,(H,26,27). The Balaban J connectivity index is 1.68. The predicted octanol–water partition coefficient (Wildman–Crippen LogP) is 5.41. The van der Waals surface area contributed by atoms with E-state index in [1.165, 1.54) is 5.56 Å². The van der Waals surface area contributed by atoms with Crippen molar-refractivity contribution < 1.29 is 4.74 Å². The maximum atomic E-state index is 5.64. The molecule has 0 spiro atoms. The van der Waals surface area contributed by atoms with Gasteiger partial charge in [0.15, 0.2) is 5.82 Å². The van der Waals surface area contributed by atoms with E-state index in [9.17, 15) is 0 Å². The highest BCUT2D eigenvalue weighted by molar-refractivity contribution is 5.93. The fraction of sp³-hybridized carbons (Fsp3) is 0.417. The zero-order valence-electron chi connectivity index (χ0n) is 17.8. The van der Waals surface area contributed by atoms with Crippen LogP contribution in [0.3, 0.4) is 0 Å². The monoisotopic (exact) mass is 390 g/mol. The van der Waals surface area contributed by atoms with Crippen molar-refractivity contribution in [2.24, 2.45) is 10.9 Å². The van der Waals surface area contributed by atoms with Gasteiger partial charge in [0.25, 0.3) is 0 Å². The number of hydrogen-bond acceptors (Lipinski definition) is 4. The summed E-state index contributed by atoms with van der Waals surface area (Å²) in [6, 6.07) is 12.8. The van der Waals surface area contributed by atoms with Gasteiger partial charge in [0.1, 0.15) is 5.75 Å². The van der Waals surface area contributed by atoms with Crippen LogP contribution in [0, 0.1) is 5.92 Å². The molecule has 1 aliphatic rings. The fourth-order valence-corrected chi connectivity index (χ4v) is 3.93. The van der Waals surface area contributed by atoms with Gasteiger partial charge >= 0.3 is 0 Å². The van der Waals surface area contributed by atoms with E-state index in [1.54, 1.807) is 7.11 Å². The topological polar surface area (TPSA) is 53.5 Å². The minimum atomic E-state index is 0.465. The van der Waals surface area contributed by atoms with Gasteiger partial charge in [0.2, 0.25) is 0 Å². The van der Waals surface area contributed by atoms with Gasteiger partial charge in [-0.15, -0.1) is 0 Å². The molecule has 0 aliphatic carbocycles. The SMILES string of the molecule is COc1ccc(C(C)C)cc1-c1ccc2[nH]nc(N=CC3CCN(C)CC3)c2c1. The Morgan fingerprint density at radius 3 is 2.69 bits per heavy atom. The number of nitrogens with one attached hydrogen (secondary N) is 1. The van der Waals surface area contributed by atoms with E-state index in [0.717, 1.165) is 59.5 Å².